The molecule has 0 amide bonds. The summed E-state index contributed by atoms with van der Waals surface area (Å²) in [7, 11) is 0. The van der Waals surface area contributed by atoms with Gasteiger partial charge in [0.2, 0.25) is 0 Å². The fourth-order valence-electron chi connectivity index (χ4n) is 1.91. The summed E-state index contributed by atoms with van der Waals surface area (Å²) in [6.07, 6.45) is -2.39. The van der Waals surface area contributed by atoms with Crippen molar-refractivity contribution >= 4 is 5.97 Å². The standard InChI is InChI=1S/C11H18O6/c1-5(2)15-11-8(13)10-9(17-10)7(16-11)4-14-6(3)12/h5,7-11,13H,4H2,1-3H3/t7-,8-,9-,10+,11-/m1/s1. The van der Waals surface area contributed by atoms with Crippen LogP contribution in [0.2, 0.25) is 0 Å². The first-order chi connectivity index (χ1) is 7.99. The Bertz CT molecular complexity index is 292. The fourth-order valence-corrected chi connectivity index (χ4v) is 1.91. The normalized spacial score (nSPS) is 39.9. The molecule has 0 unspecified atom stereocenters. The number of epoxide rings is 1. The van der Waals surface area contributed by atoms with Gasteiger partial charge in [0.25, 0.3) is 0 Å². The van der Waals surface area contributed by atoms with E-state index in [0.29, 0.717) is 0 Å². The Morgan fingerprint density at radius 3 is 2.65 bits per heavy atom. The quantitative estimate of drug-likeness (QED) is 0.548. The molecule has 2 rings (SSSR count). The lowest BCUT2D eigenvalue weighted by molar-refractivity contribution is -0.248. The molecule has 98 valence electrons. The van der Waals surface area contributed by atoms with Crippen LogP contribution in [0, 0.1) is 0 Å². The molecule has 2 aliphatic rings. The summed E-state index contributed by atoms with van der Waals surface area (Å²) in [6.45, 7) is 5.18. The summed E-state index contributed by atoms with van der Waals surface area (Å²) in [6, 6.07) is 0. The lowest BCUT2D eigenvalue weighted by Gasteiger charge is -2.31. The second-order valence-electron chi connectivity index (χ2n) is 4.59. The zero-order valence-electron chi connectivity index (χ0n) is 10.2. The Morgan fingerprint density at radius 1 is 1.35 bits per heavy atom. The molecular formula is C11H18O6. The zero-order chi connectivity index (χ0) is 12.6. The number of fused-ring (bicyclic) bond motifs is 1. The molecule has 0 radical (unpaired) electrons. The molecule has 2 saturated heterocycles. The van der Waals surface area contributed by atoms with Gasteiger partial charge >= 0.3 is 5.97 Å². The van der Waals surface area contributed by atoms with E-state index in [0.717, 1.165) is 0 Å². The molecular weight excluding hydrogens is 228 g/mol. The van der Waals surface area contributed by atoms with E-state index in [-0.39, 0.29) is 37.0 Å². The van der Waals surface area contributed by atoms with Crippen LogP contribution in [0.4, 0.5) is 0 Å². The van der Waals surface area contributed by atoms with E-state index in [2.05, 4.69) is 0 Å². The predicted molar refractivity (Wildman–Crippen MR) is 56.2 cm³/mol. The summed E-state index contributed by atoms with van der Waals surface area (Å²) in [5, 5.41) is 9.84. The van der Waals surface area contributed by atoms with E-state index >= 15 is 0 Å². The minimum absolute atomic E-state index is 0.0562. The first-order valence-corrected chi connectivity index (χ1v) is 5.77. The Balaban J connectivity index is 1.90. The molecule has 5 atom stereocenters. The summed E-state index contributed by atoms with van der Waals surface area (Å²) >= 11 is 0. The van der Waals surface area contributed by atoms with Crippen molar-refractivity contribution in [2.45, 2.75) is 57.6 Å². The molecule has 0 aromatic heterocycles. The zero-order valence-corrected chi connectivity index (χ0v) is 10.2. The number of ether oxygens (including phenoxy) is 4. The topological polar surface area (TPSA) is 77.5 Å². The smallest absolute Gasteiger partial charge is 0.302 e. The van der Waals surface area contributed by atoms with Crippen molar-refractivity contribution < 1.29 is 28.8 Å². The number of rotatable bonds is 4. The lowest BCUT2D eigenvalue weighted by atomic mass is 10.1. The van der Waals surface area contributed by atoms with Gasteiger partial charge in [-0.3, -0.25) is 4.79 Å². The highest BCUT2D eigenvalue weighted by Crippen LogP contribution is 2.38. The summed E-state index contributed by atoms with van der Waals surface area (Å²) in [5.74, 6) is -0.363. The van der Waals surface area contributed by atoms with Crippen molar-refractivity contribution in [3.8, 4) is 0 Å². The fraction of sp³-hybridized carbons (Fsp3) is 0.909. The average molecular weight is 246 g/mol. The third-order valence-electron chi connectivity index (χ3n) is 2.71. The third kappa shape index (κ3) is 2.95. The molecule has 2 fully saturated rings. The lowest BCUT2D eigenvalue weighted by Crippen LogP contribution is -2.48. The molecule has 0 aliphatic carbocycles. The monoisotopic (exact) mass is 246 g/mol. The van der Waals surface area contributed by atoms with Gasteiger partial charge in [0.05, 0.1) is 6.10 Å². The van der Waals surface area contributed by atoms with Gasteiger partial charge < -0.3 is 24.1 Å². The van der Waals surface area contributed by atoms with Gasteiger partial charge in [-0.2, -0.15) is 0 Å². The largest absolute Gasteiger partial charge is 0.463 e. The van der Waals surface area contributed by atoms with Crippen LogP contribution < -0.4 is 0 Å². The van der Waals surface area contributed by atoms with Crippen molar-refractivity contribution in [3.63, 3.8) is 0 Å². The minimum atomic E-state index is -0.782. The molecule has 6 nitrogen and oxygen atoms in total. The van der Waals surface area contributed by atoms with Crippen molar-refractivity contribution in [2.24, 2.45) is 0 Å². The van der Waals surface area contributed by atoms with E-state index in [4.69, 9.17) is 18.9 Å². The molecule has 0 bridgehead atoms. The molecule has 0 saturated carbocycles. The van der Waals surface area contributed by atoms with E-state index in [9.17, 15) is 9.90 Å². The van der Waals surface area contributed by atoms with E-state index in [1.54, 1.807) is 0 Å². The summed E-state index contributed by atoms with van der Waals surface area (Å²) in [4.78, 5) is 10.7. The van der Waals surface area contributed by atoms with Crippen LogP contribution in [0.1, 0.15) is 20.8 Å². The van der Waals surface area contributed by atoms with Crippen molar-refractivity contribution in [2.75, 3.05) is 6.61 Å². The SMILES string of the molecule is CC(=O)OC[C@H]1O[C@@H](OC(C)C)[C@H](O)[C@@H]2O[C@@H]21. The third-order valence-corrected chi connectivity index (χ3v) is 2.71. The second-order valence-corrected chi connectivity index (χ2v) is 4.59. The maximum atomic E-state index is 10.7. The number of carbonyl (C=O) groups excluding carboxylic acids is 1. The molecule has 0 spiro atoms. The summed E-state index contributed by atoms with van der Waals surface area (Å²) < 4.78 is 21.2. The maximum Gasteiger partial charge on any atom is 0.302 e. The van der Waals surface area contributed by atoms with Gasteiger partial charge in [0.15, 0.2) is 6.29 Å². The molecule has 6 heteroatoms. The number of carbonyl (C=O) groups is 1. The van der Waals surface area contributed by atoms with Crippen LogP contribution in [0.25, 0.3) is 0 Å². The first-order valence-electron chi connectivity index (χ1n) is 5.77. The molecule has 1 N–H and O–H groups in total. The van der Waals surface area contributed by atoms with Gasteiger partial charge in [-0.1, -0.05) is 0 Å². The number of esters is 1. The van der Waals surface area contributed by atoms with Crippen LogP contribution in [-0.4, -0.2) is 54.5 Å². The van der Waals surface area contributed by atoms with Gasteiger partial charge in [-0.15, -0.1) is 0 Å². The van der Waals surface area contributed by atoms with Crippen LogP contribution >= 0.6 is 0 Å². The molecule has 2 aliphatic heterocycles. The number of aliphatic hydroxyl groups excluding tert-OH is 1. The van der Waals surface area contributed by atoms with Gasteiger partial charge in [0, 0.05) is 6.92 Å². The highest BCUT2D eigenvalue weighted by molar-refractivity contribution is 5.65. The van der Waals surface area contributed by atoms with Crippen LogP contribution in [0.3, 0.4) is 0 Å². The predicted octanol–water partition coefficient (Wildman–Crippen LogP) is -0.172. The minimum Gasteiger partial charge on any atom is -0.463 e. The Kier molecular flexibility index (Phi) is 3.67. The number of hydrogen-bond acceptors (Lipinski definition) is 6. The van der Waals surface area contributed by atoms with E-state index in [1.165, 1.54) is 6.92 Å². The van der Waals surface area contributed by atoms with E-state index < -0.39 is 12.4 Å². The van der Waals surface area contributed by atoms with Crippen LogP contribution in [0.15, 0.2) is 0 Å². The number of hydrogen-bond donors (Lipinski definition) is 1. The van der Waals surface area contributed by atoms with Crippen LogP contribution in [0.5, 0.6) is 0 Å². The van der Waals surface area contributed by atoms with Gasteiger partial charge in [0.1, 0.15) is 31.0 Å². The average Bonchev–Trinajstić information content (AvgIpc) is 2.99. The van der Waals surface area contributed by atoms with Crippen molar-refractivity contribution in [1.82, 2.24) is 0 Å². The number of aliphatic hydroxyl groups is 1. The first kappa shape index (κ1) is 12.8. The molecule has 0 aromatic carbocycles. The summed E-state index contributed by atoms with van der Waals surface area (Å²) in [5.41, 5.74) is 0. The van der Waals surface area contributed by atoms with E-state index in [1.807, 2.05) is 13.8 Å². The Morgan fingerprint density at radius 2 is 2.06 bits per heavy atom. The van der Waals surface area contributed by atoms with Gasteiger partial charge in [-0.25, -0.2) is 0 Å². The second kappa shape index (κ2) is 4.89. The van der Waals surface area contributed by atoms with Crippen LogP contribution in [-0.2, 0) is 23.7 Å². The molecule has 0 aromatic rings. The van der Waals surface area contributed by atoms with Crippen molar-refractivity contribution in [3.05, 3.63) is 0 Å². The van der Waals surface area contributed by atoms with Crippen molar-refractivity contribution in [1.29, 1.82) is 0 Å². The molecule has 2 heterocycles. The Labute approximate surface area is 99.8 Å². The Hall–Kier alpha value is -0.690. The van der Waals surface area contributed by atoms with Gasteiger partial charge in [-0.05, 0) is 13.8 Å². The maximum absolute atomic E-state index is 10.7. The highest BCUT2D eigenvalue weighted by atomic mass is 16.7. The molecule has 17 heavy (non-hydrogen) atoms. The highest BCUT2D eigenvalue weighted by Gasteiger charge is 2.58.